The molecule has 0 N–H and O–H groups in total. The van der Waals surface area contributed by atoms with E-state index in [4.69, 9.17) is 14.2 Å². The van der Waals surface area contributed by atoms with Gasteiger partial charge in [0.15, 0.2) is 17.3 Å². The SMILES string of the molecule is COc1ccc([C@@H](Oc2c(F)cc3c(c2C)OCCC3=O)c2ccncc2)cc1. The molecule has 0 bridgehead atoms. The molecule has 29 heavy (non-hydrogen) atoms. The van der Waals surface area contributed by atoms with E-state index in [0.29, 0.717) is 17.1 Å². The molecule has 0 saturated heterocycles. The van der Waals surface area contributed by atoms with Gasteiger partial charge in [-0.15, -0.1) is 0 Å². The van der Waals surface area contributed by atoms with E-state index in [1.165, 1.54) is 6.07 Å². The molecule has 0 saturated carbocycles. The fraction of sp³-hybridized carbons (Fsp3) is 0.217. The van der Waals surface area contributed by atoms with E-state index < -0.39 is 11.9 Å². The van der Waals surface area contributed by atoms with Crippen LogP contribution in [0.5, 0.6) is 17.2 Å². The lowest BCUT2D eigenvalue weighted by molar-refractivity contribution is 0.0931. The van der Waals surface area contributed by atoms with Crippen LogP contribution >= 0.6 is 0 Å². The molecule has 2 heterocycles. The first-order chi connectivity index (χ1) is 14.1. The molecule has 3 aromatic rings. The van der Waals surface area contributed by atoms with Crippen LogP contribution in [0.3, 0.4) is 0 Å². The molecule has 4 rings (SSSR count). The third-order valence-electron chi connectivity index (χ3n) is 4.95. The summed E-state index contributed by atoms with van der Waals surface area (Å²) >= 11 is 0. The number of Topliss-reactive ketones (excluding diaryl/α,β-unsaturated/α-hetero) is 1. The summed E-state index contributed by atoms with van der Waals surface area (Å²) in [6.45, 7) is 1.98. The smallest absolute Gasteiger partial charge is 0.170 e. The molecular formula is C23H20FNO4. The van der Waals surface area contributed by atoms with Gasteiger partial charge in [-0.3, -0.25) is 9.78 Å². The lowest BCUT2D eigenvalue weighted by atomic mass is 9.99. The molecule has 0 amide bonds. The normalized spacial score (nSPS) is 14.0. The van der Waals surface area contributed by atoms with Crippen LogP contribution in [0.4, 0.5) is 4.39 Å². The van der Waals surface area contributed by atoms with Gasteiger partial charge >= 0.3 is 0 Å². The monoisotopic (exact) mass is 393 g/mol. The van der Waals surface area contributed by atoms with Crippen molar-refractivity contribution in [2.24, 2.45) is 0 Å². The molecule has 5 nitrogen and oxygen atoms in total. The summed E-state index contributed by atoms with van der Waals surface area (Å²) in [5.74, 6) is 0.454. The van der Waals surface area contributed by atoms with E-state index in [9.17, 15) is 9.18 Å². The highest BCUT2D eigenvalue weighted by atomic mass is 19.1. The second kappa shape index (κ2) is 7.91. The zero-order valence-corrected chi connectivity index (χ0v) is 16.1. The minimum absolute atomic E-state index is 0.0658. The fourth-order valence-corrected chi connectivity index (χ4v) is 3.42. The molecular weight excluding hydrogens is 373 g/mol. The van der Waals surface area contributed by atoms with Gasteiger partial charge in [-0.25, -0.2) is 4.39 Å². The summed E-state index contributed by atoms with van der Waals surface area (Å²) in [7, 11) is 1.60. The number of aromatic nitrogens is 1. The Bertz CT molecular complexity index is 1030. The van der Waals surface area contributed by atoms with Crippen LogP contribution < -0.4 is 14.2 Å². The number of benzene rings is 2. The minimum atomic E-state index is -0.590. The Morgan fingerprint density at radius 3 is 2.48 bits per heavy atom. The highest BCUT2D eigenvalue weighted by molar-refractivity contribution is 6.00. The third kappa shape index (κ3) is 3.66. The van der Waals surface area contributed by atoms with Crippen LogP contribution in [0.2, 0.25) is 0 Å². The Balaban J connectivity index is 1.78. The second-order valence-corrected chi connectivity index (χ2v) is 6.76. The molecule has 148 valence electrons. The van der Waals surface area contributed by atoms with Crippen molar-refractivity contribution in [2.45, 2.75) is 19.4 Å². The molecule has 1 aromatic heterocycles. The van der Waals surface area contributed by atoms with Crippen molar-refractivity contribution in [1.29, 1.82) is 0 Å². The summed E-state index contributed by atoms with van der Waals surface area (Å²) in [6.07, 6.45) is 2.99. The zero-order chi connectivity index (χ0) is 20.4. The predicted molar refractivity (Wildman–Crippen MR) is 105 cm³/mol. The van der Waals surface area contributed by atoms with Gasteiger partial charge in [-0.1, -0.05) is 12.1 Å². The lowest BCUT2D eigenvalue weighted by Gasteiger charge is -2.25. The van der Waals surface area contributed by atoms with Crippen molar-refractivity contribution in [2.75, 3.05) is 13.7 Å². The molecule has 0 unspecified atom stereocenters. The van der Waals surface area contributed by atoms with E-state index in [1.54, 1.807) is 26.4 Å². The number of halogens is 1. The average molecular weight is 393 g/mol. The maximum absolute atomic E-state index is 15.0. The van der Waals surface area contributed by atoms with Gasteiger partial charge < -0.3 is 14.2 Å². The molecule has 0 fully saturated rings. The first kappa shape index (κ1) is 18.9. The van der Waals surface area contributed by atoms with Crippen LogP contribution in [0, 0.1) is 12.7 Å². The first-order valence-electron chi connectivity index (χ1n) is 9.28. The van der Waals surface area contributed by atoms with Crippen molar-refractivity contribution in [3.8, 4) is 17.2 Å². The number of hydrogen-bond donors (Lipinski definition) is 0. The molecule has 0 aliphatic carbocycles. The van der Waals surface area contributed by atoms with Gasteiger partial charge in [0.2, 0.25) is 0 Å². The number of ether oxygens (including phenoxy) is 3. The number of carbonyl (C=O) groups excluding carboxylic acids is 1. The Morgan fingerprint density at radius 1 is 1.10 bits per heavy atom. The van der Waals surface area contributed by atoms with Crippen molar-refractivity contribution in [3.63, 3.8) is 0 Å². The number of nitrogens with zero attached hydrogens (tertiary/aromatic N) is 1. The van der Waals surface area contributed by atoms with Gasteiger partial charge in [0.1, 0.15) is 17.6 Å². The summed E-state index contributed by atoms with van der Waals surface area (Å²) in [5, 5.41) is 0. The van der Waals surface area contributed by atoms with E-state index >= 15 is 0 Å². The predicted octanol–water partition coefficient (Wildman–Crippen LogP) is 4.67. The van der Waals surface area contributed by atoms with Crippen LogP contribution in [-0.4, -0.2) is 24.5 Å². The van der Waals surface area contributed by atoms with E-state index in [-0.39, 0.29) is 30.1 Å². The van der Waals surface area contributed by atoms with Crippen LogP contribution in [0.15, 0.2) is 54.9 Å². The molecule has 1 aliphatic rings. The fourth-order valence-electron chi connectivity index (χ4n) is 3.42. The quantitative estimate of drug-likeness (QED) is 0.630. The van der Waals surface area contributed by atoms with Crippen molar-refractivity contribution < 1.29 is 23.4 Å². The van der Waals surface area contributed by atoms with Crippen LogP contribution in [-0.2, 0) is 0 Å². The third-order valence-corrected chi connectivity index (χ3v) is 4.95. The number of methoxy groups -OCH3 is 1. The number of rotatable bonds is 5. The molecule has 1 atom stereocenters. The van der Waals surface area contributed by atoms with Gasteiger partial charge in [-0.2, -0.15) is 0 Å². The summed E-state index contributed by atoms with van der Waals surface area (Å²) < 4.78 is 32.0. The standard InChI is InChI=1S/C23H20FNO4/c1-14-21-18(20(26)9-12-28-21)13-19(24)22(14)29-23(16-7-10-25-11-8-16)15-3-5-17(27-2)6-4-15/h3-8,10-11,13,23H,9,12H2,1-2H3/t23-/m1/s1. The first-order valence-corrected chi connectivity index (χ1v) is 9.28. The Morgan fingerprint density at radius 2 is 1.79 bits per heavy atom. The largest absolute Gasteiger partial charge is 0.497 e. The topological polar surface area (TPSA) is 57.7 Å². The molecule has 1 aliphatic heterocycles. The van der Waals surface area contributed by atoms with E-state index in [2.05, 4.69) is 4.98 Å². The van der Waals surface area contributed by atoms with Gasteiger partial charge in [0.25, 0.3) is 0 Å². The summed E-state index contributed by atoms with van der Waals surface area (Å²) in [5.41, 5.74) is 2.38. The van der Waals surface area contributed by atoms with E-state index in [1.807, 2.05) is 36.4 Å². The van der Waals surface area contributed by atoms with Crippen molar-refractivity contribution >= 4 is 5.78 Å². The lowest BCUT2D eigenvalue weighted by Crippen LogP contribution is -2.18. The molecule has 0 spiro atoms. The second-order valence-electron chi connectivity index (χ2n) is 6.76. The summed E-state index contributed by atoms with van der Waals surface area (Å²) in [6, 6.07) is 12.2. The van der Waals surface area contributed by atoms with Crippen molar-refractivity contribution in [1.82, 2.24) is 4.98 Å². The van der Waals surface area contributed by atoms with Gasteiger partial charge in [-0.05, 0) is 48.4 Å². The molecule has 0 radical (unpaired) electrons. The number of ketones is 1. The molecule has 6 heteroatoms. The number of hydrogen-bond acceptors (Lipinski definition) is 5. The maximum atomic E-state index is 15.0. The molecule has 2 aromatic carbocycles. The average Bonchev–Trinajstić information content (AvgIpc) is 2.75. The Labute approximate surface area is 168 Å². The zero-order valence-electron chi connectivity index (χ0n) is 16.1. The highest BCUT2D eigenvalue weighted by Crippen LogP contribution is 2.40. The maximum Gasteiger partial charge on any atom is 0.170 e. The number of fused-ring (bicyclic) bond motifs is 1. The summed E-state index contributed by atoms with van der Waals surface area (Å²) in [4.78, 5) is 16.2. The van der Waals surface area contributed by atoms with E-state index in [0.717, 1.165) is 11.1 Å². The van der Waals surface area contributed by atoms with Crippen LogP contribution in [0.25, 0.3) is 0 Å². The number of pyridine rings is 1. The van der Waals surface area contributed by atoms with Crippen molar-refractivity contribution in [3.05, 3.63) is 82.9 Å². The highest BCUT2D eigenvalue weighted by Gasteiger charge is 2.27. The minimum Gasteiger partial charge on any atom is -0.497 e. The Hall–Kier alpha value is -3.41. The van der Waals surface area contributed by atoms with Crippen LogP contribution in [0.1, 0.15) is 39.6 Å². The Kier molecular flexibility index (Phi) is 5.16. The number of carbonyl (C=O) groups is 1. The van der Waals surface area contributed by atoms with Gasteiger partial charge in [0, 0.05) is 24.4 Å². The van der Waals surface area contributed by atoms with Gasteiger partial charge in [0.05, 0.1) is 19.3 Å².